The summed E-state index contributed by atoms with van der Waals surface area (Å²) in [5.41, 5.74) is 4.29. The first-order chi connectivity index (χ1) is 21.8. The molecule has 0 radical (unpaired) electrons. The molecule has 0 aliphatic heterocycles. The Balaban J connectivity index is 1.20. The lowest BCUT2D eigenvalue weighted by molar-refractivity contribution is 0.484. The van der Waals surface area contributed by atoms with E-state index in [1.54, 1.807) is 0 Å². The summed E-state index contributed by atoms with van der Waals surface area (Å²) in [6, 6.07) is 40.4. The molecule has 5 nitrogen and oxygen atoms in total. The smallest absolute Gasteiger partial charge is 0.145 e. The zero-order chi connectivity index (χ0) is 28.8. The number of imidazole rings is 1. The molecular formula is C38H22N4OS. The SMILES string of the molecule is c1ccc(-n2c3cc(Oc4ccc5c6ccccc6n6ccnc6c5c4)ccc3c3ccc4sc5ccccc5c4c32)nc1. The van der Waals surface area contributed by atoms with Crippen molar-refractivity contribution in [1.82, 2.24) is 18.9 Å². The van der Waals surface area contributed by atoms with Gasteiger partial charge >= 0.3 is 0 Å². The van der Waals surface area contributed by atoms with Gasteiger partial charge in [-0.05, 0) is 66.0 Å². The van der Waals surface area contributed by atoms with E-state index in [0.29, 0.717) is 0 Å². The molecule has 0 saturated heterocycles. The van der Waals surface area contributed by atoms with Crippen molar-refractivity contribution in [2.24, 2.45) is 0 Å². The molecule has 0 N–H and O–H groups in total. The van der Waals surface area contributed by atoms with Crippen molar-refractivity contribution in [3.05, 3.63) is 134 Å². The van der Waals surface area contributed by atoms with E-state index >= 15 is 0 Å². The number of thiophene rings is 1. The zero-order valence-electron chi connectivity index (χ0n) is 23.3. The van der Waals surface area contributed by atoms with Crippen LogP contribution in [0.5, 0.6) is 11.5 Å². The molecule has 0 spiro atoms. The Morgan fingerprint density at radius 1 is 0.545 bits per heavy atom. The molecule has 0 atom stereocenters. The summed E-state index contributed by atoms with van der Waals surface area (Å²) in [6.45, 7) is 0. The van der Waals surface area contributed by atoms with Gasteiger partial charge in [0.25, 0.3) is 0 Å². The Kier molecular flexibility index (Phi) is 4.81. The largest absolute Gasteiger partial charge is 0.457 e. The maximum Gasteiger partial charge on any atom is 0.145 e. The van der Waals surface area contributed by atoms with Crippen LogP contribution in [0.3, 0.4) is 0 Å². The van der Waals surface area contributed by atoms with Crippen molar-refractivity contribution in [3.63, 3.8) is 0 Å². The fraction of sp³-hybridized carbons (Fsp3) is 0. The van der Waals surface area contributed by atoms with Crippen molar-refractivity contribution in [2.45, 2.75) is 0 Å². The molecule has 0 unspecified atom stereocenters. The predicted octanol–water partition coefficient (Wildman–Crippen LogP) is 10.3. The topological polar surface area (TPSA) is 44.4 Å². The fourth-order valence-electron chi connectivity index (χ4n) is 6.83. The second kappa shape index (κ2) is 8.89. The van der Waals surface area contributed by atoms with Gasteiger partial charge in [-0.2, -0.15) is 0 Å². The molecule has 0 fully saturated rings. The number of hydrogen-bond donors (Lipinski definition) is 0. The molecule has 10 rings (SSSR count). The van der Waals surface area contributed by atoms with Crippen LogP contribution in [0.1, 0.15) is 0 Å². The highest BCUT2D eigenvalue weighted by Crippen LogP contribution is 2.43. The second-order valence-electron chi connectivity index (χ2n) is 11.1. The maximum atomic E-state index is 6.59. The number of aromatic nitrogens is 4. The zero-order valence-corrected chi connectivity index (χ0v) is 24.1. The number of para-hydroxylation sites is 1. The molecule has 0 saturated carbocycles. The molecule has 0 aliphatic carbocycles. The van der Waals surface area contributed by atoms with Gasteiger partial charge in [0.05, 0.1) is 16.6 Å². The van der Waals surface area contributed by atoms with Crippen molar-refractivity contribution in [2.75, 3.05) is 0 Å². The van der Waals surface area contributed by atoms with Crippen LogP contribution in [-0.2, 0) is 0 Å². The highest BCUT2D eigenvalue weighted by atomic mass is 32.1. The quantitative estimate of drug-likeness (QED) is 0.195. The lowest BCUT2D eigenvalue weighted by Crippen LogP contribution is -1.97. The van der Waals surface area contributed by atoms with Crippen LogP contribution in [0.4, 0.5) is 0 Å². The van der Waals surface area contributed by atoms with Crippen molar-refractivity contribution >= 4 is 80.6 Å². The van der Waals surface area contributed by atoms with Gasteiger partial charge < -0.3 is 4.74 Å². The molecule has 5 aromatic carbocycles. The molecular weight excluding hydrogens is 561 g/mol. The van der Waals surface area contributed by atoms with Crippen molar-refractivity contribution < 1.29 is 4.74 Å². The van der Waals surface area contributed by atoms with Crippen LogP contribution in [0, 0.1) is 0 Å². The van der Waals surface area contributed by atoms with E-state index in [2.05, 4.69) is 106 Å². The lowest BCUT2D eigenvalue weighted by Gasteiger charge is -2.12. The summed E-state index contributed by atoms with van der Waals surface area (Å²) in [7, 11) is 0. The van der Waals surface area contributed by atoms with Crippen LogP contribution < -0.4 is 4.74 Å². The first-order valence-electron chi connectivity index (χ1n) is 14.6. The Hall–Kier alpha value is -5.72. The summed E-state index contributed by atoms with van der Waals surface area (Å²) >= 11 is 1.83. The van der Waals surface area contributed by atoms with Crippen LogP contribution in [-0.4, -0.2) is 18.9 Å². The molecule has 0 aliphatic rings. The summed E-state index contributed by atoms with van der Waals surface area (Å²) in [4.78, 5) is 9.50. The van der Waals surface area contributed by atoms with E-state index in [1.165, 1.54) is 41.8 Å². The molecule has 6 heteroatoms. The maximum absolute atomic E-state index is 6.59. The highest BCUT2D eigenvalue weighted by molar-refractivity contribution is 7.26. The number of nitrogens with zero attached hydrogens (tertiary/aromatic N) is 4. The van der Waals surface area contributed by atoms with Crippen molar-refractivity contribution in [3.8, 4) is 17.3 Å². The third-order valence-corrected chi connectivity index (χ3v) is 9.82. The van der Waals surface area contributed by atoms with Crippen LogP contribution in [0.15, 0.2) is 134 Å². The summed E-state index contributed by atoms with van der Waals surface area (Å²) in [6.07, 6.45) is 5.73. The molecule has 0 amide bonds. The molecule has 206 valence electrons. The normalized spacial score (nSPS) is 12.1. The number of fused-ring (bicyclic) bond motifs is 13. The number of benzene rings is 5. The monoisotopic (exact) mass is 582 g/mol. The van der Waals surface area contributed by atoms with Gasteiger partial charge in [0.2, 0.25) is 0 Å². The van der Waals surface area contributed by atoms with E-state index in [9.17, 15) is 0 Å². The Morgan fingerprint density at radius 3 is 2.23 bits per heavy atom. The Bertz CT molecular complexity index is 2750. The minimum Gasteiger partial charge on any atom is -0.457 e. The van der Waals surface area contributed by atoms with Gasteiger partial charge in [-0.25, -0.2) is 9.97 Å². The number of ether oxygens (including phenoxy) is 1. The van der Waals surface area contributed by atoms with E-state index < -0.39 is 0 Å². The fourth-order valence-corrected chi connectivity index (χ4v) is 7.94. The number of hydrogen-bond acceptors (Lipinski definition) is 4. The molecule has 5 heterocycles. The van der Waals surface area contributed by atoms with Gasteiger partial charge in [-0.3, -0.25) is 8.97 Å². The van der Waals surface area contributed by atoms with Crippen LogP contribution in [0.25, 0.3) is 75.1 Å². The third-order valence-electron chi connectivity index (χ3n) is 8.68. The predicted molar refractivity (Wildman–Crippen MR) is 182 cm³/mol. The molecule has 10 aromatic rings. The minimum atomic E-state index is 0.767. The van der Waals surface area contributed by atoms with Crippen LogP contribution in [0.2, 0.25) is 0 Å². The third kappa shape index (κ3) is 3.28. The van der Waals surface area contributed by atoms with Gasteiger partial charge in [-0.1, -0.05) is 48.5 Å². The Morgan fingerprint density at radius 2 is 1.32 bits per heavy atom. The van der Waals surface area contributed by atoms with Gasteiger partial charge in [-0.15, -0.1) is 11.3 Å². The number of rotatable bonds is 3. The van der Waals surface area contributed by atoms with E-state index in [-0.39, 0.29) is 0 Å². The van der Waals surface area contributed by atoms with E-state index in [4.69, 9.17) is 14.7 Å². The van der Waals surface area contributed by atoms with E-state index in [1.807, 2.05) is 48.1 Å². The van der Waals surface area contributed by atoms with E-state index in [0.717, 1.165) is 44.8 Å². The molecule has 0 bridgehead atoms. The van der Waals surface area contributed by atoms with Gasteiger partial charge in [0.1, 0.15) is 23.0 Å². The average Bonchev–Trinajstić information content (AvgIpc) is 3.79. The second-order valence-corrected chi connectivity index (χ2v) is 12.2. The average molecular weight is 583 g/mol. The summed E-state index contributed by atoms with van der Waals surface area (Å²) in [5, 5.41) is 8.30. The Labute approximate surface area is 254 Å². The van der Waals surface area contributed by atoms with Gasteiger partial charge in [0, 0.05) is 66.4 Å². The molecule has 5 aromatic heterocycles. The van der Waals surface area contributed by atoms with Crippen LogP contribution >= 0.6 is 11.3 Å². The minimum absolute atomic E-state index is 0.767. The first-order valence-corrected chi connectivity index (χ1v) is 15.4. The summed E-state index contributed by atoms with van der Waals surface area (Å²) in [5.74, 6) is 2.42. The molecule has 44 heavy (non-hydrogen) atoms. The first kappa shape index (κ1) is 23.8. The highest BCUT2D eigenvalue weighted by Gasteiger charge is 2.19. The summed E-state index contributed by atoms with van der Waals surface area (Å²) < 4.78 is 13.6. The number of pyridine rings is 2. The van der Waals surface area contributed by atoms with Gasteiger partial charge in [0.15, 0.2) is 0 Å². The van der Waals surface area contributed by atoms with Crippen molar-refractivity contribution in [1.29, 1.82) is 0 Å². The standard InChI is InChI=1S/C38H22N4OS/c1-3-9-31-26(7-1)25-14-12-23(21-30(25)38-40-19-20-41(31)38)43-24-13-15-27-28-16-17-34-36(29-8-2-4-10-33(29)44-34)37(28)42(32(27)22-24)35-11-5-6-18-39-35/h1-22H. The lowest BCUT2D eigenvalue weighted by atomic mass is 10.1.